The number of H-pyrrole nitrogens is 1. The number of carbonyl (C=O) groups is 1. The van der Waals surface area contributed by atoms with Gasteiger partial charge in [-0.3, -0.25) is 14.3 Å². The van der Waals surface area contributed by atoms with Gasteiger partial charge in [0, 0.05) is 6.20 Å². The van der Waals surface area contributed by atoms with Gasteiger partial charge in [-0.1, -0.05) is 11.6 Å². The zero-order chi connectivity index (χ0) is 15.9. The van der Waals surface area contributed by atoms with Crippen LogP contribution in [0.5, 0.6) is 0 Å². The fourth-order valence-electron chi connectivity index (χ4n) is 2.29. The summed E-state index contributed by atoms with van der Waals surface area (Å²) in [6.45, 7) is 5.42. The number of hydrogen-bond acceptors (Lipinski definition) is 4. The van der Waals surface area contributed by atoms with Gasteiger partial charge in [0.15, 0.2) is 5.82 Å². The monoisotopic (exact) mass is 318 g/mol. The van der Waals surface area contributed by atoms with Crippen molar-refractivity contribution < 1.29 is 4.79 Å². The first kappa shape index (κ1) is 14.5. The molecule has 7 nitrogen and oxygen atoms in total. The highest BCUT2D eigenvalue weighted by Gasteiger charge is 2.20. The maximum absolute atomic E-state index is 12.6. The van der Waals surface area contributed by atoms with E-state index in [0.717, 1.165) is 0 Å². The molecule has 22 heavy (non-hydrogen) atoms. The highest BCUT2D eigenvalue weighted by Crippen LogP contribution is 2.17. The third-order valence-electron chi connectivity index (χ3n) is 3.32. The number of nitrogens with one attached hydrogen (secondary N) is 2. The van der Waals surface area contributed by atoms with E-state index in [9.17, 15) is 4.79 Å². The van der Waals surface area contributed by atoms with Gasteiger partial charge in [0.05, 0.1) is 16.8 Å². The number of nitrogens with zero attached hydrogens (tertiary/aromatic N) is 4. The summed E-state index contributed by atoms with van der Waals surface area (Å²) in [6.07, 6.45) is 1.67. The van der Waals surface area contributed by atoms with Gasteiger partial charge in [-0.05, 0) is 32.9 Å². The van der Waals surface area contributed by atoms with Crippen LogP contribution in [0.1, 0.15) is 40.8 Å². The van der Waals surface area contributed by atoms with E-state index in [1.165, 1.54) is 0 Å². The zero-order valence-electron chi connectivity index (χ0n) is 12.4. The third kappa shape index (κ3) is 2.55. The highest BCUT2D eigenvalue weighted by molar-refractivity contribution is 6.30. The number of hydrogen-bond donors (Lipinski definition) is 2. The average molecular weight is 319 g/mol. The fourth-order valence-corrected chi connectivity index (χ4v) is 2.45. The predicted octanol–water partition coefficient (Wildman–Crippen LogP) is 2.21. The molecular weight excluding hydrogens is 304 g/mol. The number of halogens is 1. The number of carbonyl (C=O) groups excluding carboxylic acids is 1. The van der Waals surface area contributed by atoms with Crippen LogP contribution >= 0.6 is 11.6 Å². The summed E-state index contributed by atoms with van der Waals surface area (Å²) in [5, 5.41) is 10.2. The molecule has 0 saturated heterocycles. The van der Waals surface area contributed by atoms with E-state index in [1.54, 1.807) is 29.7 Å². The molecule has 8 heteroatoms. The molecule has 0 bridgehead atoms. The van der Waals surface area contributed by atoms with Gasteiger partial charge in [0.1, 0.15) is 17.2 Å². The molecule has 1 atom stereocenters. The number of amides is 1. The molecule has 3 aromatic heterocycles. The quantitative estimate of drug-likeness (QED) is 0.775. The Hall–Kier alpha value is -2.41. The summed E-state index contributed by atoms with van der Waals surface area (Å²) in [5.74, 6) is 0.992. The Kier molecular flexibility index (Phi) is 3.58. The summed E-state index contributed by atoms with van der Waals surface area (Å²) in [5.41, 5.74) is 1.77. The Labute approximate surface area is 131 Å². The summed E-state index contributed by atoms with van der Waals surface area (Å²) < 4.78 is 1.68. The molecule has 3 aromatic rings. The minimum Gasteiger partial charge on any atom is -0.341 e. The van der Waals surface area contributed by atoms with E-state index < -0.39 is 0 Å². The molecule has 0 aliphatic carbocycles. The Morgan fingerprint density at radius 1 is 1.36 bits per heavy atom. The second-order valence-electron chi connectivity index (χ2n) is 5.10. The van der Waals surface area contributed by atoms with Crippen molar-refractivity contribution in [3.63, 3.8) is 0 Å². The predicted molar refractivity (Wildman–Crippen MR) is 81.9 cm³/mol. The molecule has 0 radical (unpaired) electrons. The van der Waals surface area contributed by atoms with Crippen LogP contribution in [0, 0.1) is 13.8 Å². The Morgan fingerprint density at radius 3 is 2.82 bits per heavy atom. The molecular formula is C14H15ClN6O. The number of imidazole rings is 1. The lowest BCUT2D eigenvalue weighted by atomic mass is 10.2. The minimum atomic E-state index is -0.318. The van der Waals surface area contributed by atoms with Gasteiger partial charge in [0.25, 0.3) is 5.91 Å². The summed E-state index contributed by atoms with van der Waals surface area (Å²) in [4.78, 5) is 21.1. The van der Waals surface area contributed by atoms with Gasteiger partial charge in [-0.15, -0.1) is 0 Å². The van der Waals surface area contributed by atoms with Crippen LogP contribution in [0.3, 0.4) is 0 Å². The standard InChI is InChI=1S/C14H15ClN6O/c1-7-12(21-6-10(15)4-5-11(21)16-7)14(22)17-8(2)13-18-9(3)19-20-13/h4-6,8H,1-3H3,(H,17,22)(H,18,19,20)/t8-/m0/s1. The van der Waals surface area contributed by atoms with Gasteiger partial charge in [-0.2, -0.15) is 5.10 Å². The molecule has 0 spiro atoms. The van der Waals surface area contributed by atoms with E-state index in [2.05, 4.69) is 25.5 Å². The average Bonchev–Trinajstić information content (AvgIpc) is 3.01. The topological polar surface area (TPSA) is 88.0 Å². The molecule has 114 valence electrons. The van der Waals surface area contributed by atoms with Gasteiger partial charge >= 0.3 is 0 Å². The molecule has 0 aliphatic heterocycles. The van der Waals surface area contributed by atoms with Gasteiger partial charge < -0.3 is 5.32 Å². The lowest BCUT2D eigenvalue weighted by Gasteiger charge is -2.11. The molecule has 0 aromatic carbocycles. The number of fused-ring (bicyclic) bond motifs is 1. The molecule has 0 unspecified atom stereocenters. The van der Waals surface area contributed by atoms with Gasteiger partial charge in [0.2, 0.25) is 0 Å². The molecule has 0 fully saturated rings. The van der Waals surface area contributed by atoms with Crippen LogP contribution in [0.15, 0.2) is 18.3 Å². The zero-order valence-corrected chi connectivity index (χ0v) is 13.1. The number of pyridine rings is 1. The van der Waals surface area contributed by atoms with Crippen molar-refractivity contribution in [1.29, 1.82) is 0 Å². The van der Waals surface area contributed by atoms with Crippen LogP contribution in [-0.4, -0.2) is 30.5 Å². The van der Waals surface area contributed by atoms with Crippen LogP contribution in [0.2, 0.25) is 5.02 Å². The van der Waals surface area contributed by atoms with Crippen LogP contribution in [0.4, 0.5) is 0 Å². The number of rotatable bonds is 3. The minimum absolute atomic E-state index is 0.248. The Balaban J connectivity index is 1.92. The smallest absolute Gasteiger partial charge is 0.270 e. The maximum atomic E-state index is 12.6. The van der Waals surface area contributed by atoms with E-state index in [4.69, 9.17) is 11.6 Å². The van der Waals surface area contributed by atoms with Crippen molar-refractivity contribution in [3.8, 4) is 0 Å². The summed E-state index contributed by atoms with van der Waals surface area (Å²) >= 11 is 6.00. The van der Waals surface area contributed by atoms with E-state index in [0.29, 0.717) is 33.7 Å². The maximum Gasteiger partial charge on any atom is 0.270 e. The molecule has 0 aliphatic rings. The van der Waals surface area contributed by atoms with E-state index >= 15 is 0 Å². The first-order valence-corrected chi connectivity index (χ1v) is 7.17. The van der Waals surface area contributed by atoms with Crippen LogP contribution < -0.4 is 5.32 Å². The molecule has 2 N–H and O–H groups in total. The number of aryl methyl sites for hydroxylation is 2. The van der Waals surface area contributed by atoms with Crippen molar-refractivity contribution in [1.82, 2.24) is 29.9 Å². The third-order valence-corrected chi connectivity index (χ3v) is 3.54. The summed E-state index contributed by atoms with van der Waals surface area (Å²) in [6, 6.07) is 3.19. The lowest BCUT2D eigenvalue weighted by Crippen LogP contribution is -2.29. The first-order chi connectivity index (χ1) is 10.5. The first-order valence-electron chi connectivity index (χ1n) is 6.79. The molecule has 1 amide bonds. The van der Waals surface area contributed by atoms with Crippen molar-refractivity contribution in [2.45, 2.75) is 26.8 Å². The van der Waals surface area contributed by atoms with E-state index in [1.807, 2.05) is 13.8 Å². The fraction of sp³-hybridized carbons (Fsp3) is 0.286. The SMILES string of the molecule is Cc1nc([C@H](C)NC(=O)c2c(C)nc3ccc(Cl)cn23)n[nH]1. The Morgan fingerprint density at radius 2 is 2.14 bits per heavy atom. The second-order valence-corrected chi connectivity index (χ2v) is 5.53. The molecule has 3 heterocycles. The van der Waals surface area contributed by atoms with Crippen molar-refractivity contribution in [2.24, 2.45) is 0 Å². The lowest BCUT2D eigenvalue weighted by molar-refractivity contribution is 0.0931. The molecule has 3 rings (SSSR count). The molecule has 0 saturated carbocycles. The van der Waals surface area contributed by atoms with Crippen LogP contribution in [-0.2, 0) is 0 Å². The highest BCUT2D eigenvalue weighted by atomic mass is 35.5. The van der Waals surface area contributed by atoms with Crippen molar-refractivity contribution >= 4 is 23.2 Å². The second kappa shape index (κ2) is 5.42. The number of aromatic nitrogens is 5. The van der Waals surface area contributed by atoms with Crippen molar-refractivity contribution in [3.05, 3.63) is 46.4 Å². The van der Waals surface area contributed by atoms with Crippen LogP contribution in [0.25, 0.3) is 5.65 Å². The summed E-state index contributed by atoms with van der Waals surface area (Å²) in [7, 11) is 0. The van der Waals surface area contributed by atoms with Gasteiger partial charge in [-0.25, -0.2) is 9.97 Å². The Bertz CT molecular complexity index is 852. The normalized spacial score (nSPS) is 12.5. The van der Waals surface area contributed by atoms with Crippen molar-refractivity contribution in [2.75, 3.05) is 0 Å². The number of aromatic amines is 1. The largest absolute Gasteiger partial charge is 0.341 e. The van der Waals surface area contributed by atoms with E-state index in [-0.39, 0.29) is 11.9 Å².